The minimum atomic E-state index is 0.412. The van der Waals surface area contributed by atoms with Gasteiger partial charge in [-0.2, -0.15) is 0 Å². The maximum Gasteiger partial charge on any atom is 0.0132 e. The monoisotopic (exact) mass is 275 g/mol. The molecule has 0 nitrogen and oxygen atoms in total. The van der Waals surface area contributed by atoms with Crippen LogP contribution in [-0.2, 0) is 6.42 Å². The van der Waals surface area contributed by atoms with Crippen LogP contribution in [0, 0.1) is 6.92 Å². The molecular formula is C21H20. The van der Waals surface area contributed by atoms with E-state index in [1.165, 1.54) is 22.3 Å². The third-order valence-corrected chi connectivity index (χ3v) is 4.05. The Balaban J connectivity index is 2.02. The topological polar surface area (TPSA) is 0 Å². The number of benzene rings is 3. The number of hydrogen-bond acceptors (Lipinski definition) is 0. The van der Waals surface area contributed by atoms with E-state index in [4.69, 9.17) is 0 Å². The molecule has 0 radical (unpaired) electrons. The van der Waals surface area contributed by atoms with Gasteiger partial charge in [-0.1, -0.05) is 84.9 Å². The molecule has 0 heteroatoms. The van der Waals surface area contributed by atoms with Crippen LogP contribution in [0.3, 0.4) is 0 Å². The van der Waals surface area contributed by atoms with E-state index < -0.39 is 0 Å². The zero-order valence-corrected chi connectivity index (χ0v) is 12.4. The zero-order chi connectivity index (χ0) is 14.5. The lowest BCUT2D eigenvalue weighted by atomic mass is 10.1. The zero-order valence-electron chi connectivity index (χ0n) is 12.4. The Kier molecular flexibility index (Phi) is 4.16. The second-order valence-corrected chi connectivity index (χ2v) is 5.51. The molecule has 0 fully saturated rings. The fourth-order valence-corrected chi connectivity index (χ4v) is 2.92. The van der Waals surface area contributed by atoms with Gasteiger partial charge in [0.1, 0.15) is 0 Å². The highest BCUT2D eigenvalue weighted by Gasteiger charge is 2.16. The Morgan fingerprint density at radius 3 is 1.90 bits per heavy atom. The molecule has 1 unspecified atom stereocenters. The lowest BCUT2D eigenvalue weighted by molar-refractivity contribution is 0.798. The van der Waals surface area contributed by atoms with Crippen LogP contribution >= 0.6 is 0 Å². The van der Waals surface area contributed by atoms with E-state index in [0.29, 0.717) is 5.92 Å². The number of rotatable bonds is 4. The van der Waals surface area contributed by atoms with Gasteiger partial charge in [-0.3, -0.25) is 0 Å². The lowest BCUT2D eigenvalue weighted by Gasteiger charge is -2.20. The summed E-state index contributed by atoms with van der Waals surface area (Å²) in [6.07, 6.45) is 1.04. The highest BCUT2D eigenvalue weighted by molar-refractivity contribution is 5.39. The summed E-state index contributed by atoms with van der Waals surface area (Å²) in [5.41, 5.74) is 5.56. The van der Waals surface area contributed by atoms with E-state index in [2.05, 4.69) is 91.9 Å². The normalized spacial score (nSPS) is 12.0. The summed E-state index contributed by atoms with van der Waals surface area (Å²) in [4.78, 5) is 0. The predicted octanol–water partition coefficient (Wildman–Crippen LogP) is 5.37. The van der Waals surface area contributed by atoms with E-state index in [0.717, 1.165) is 6.42 Å². The molecule has 0 aliphatic heterocycles. The fraction of sp³-hybridized carbons (Fsp3) is 0.143. The number of hydrogen-bond donors (Lipinski definition) is 0. The van der Waals surface area contributed by atoms with E-state index in [1.54, 1.807) is 0 Å². The smallest absolute Gasteiger partial charge is 0.0132 e. The molecule has 104 valence electrons. The molecule has 21 heavy (non-hydrogen) atoms. The maximum atomic E-state index is 2.26. The minimum absolute atomic E-state index is 0.412. The van der Waals surface area contributed by atoms with Crippen molar-refractivity contribution in [2.45, 2.75) is 19.3 Å². The summed E-state index contributed by atoms with van der Waals surface area (Å²) >= 11 is 0. The summed E-state index contributed by atoms with van der Waals surface area (Å²) in [6, 6.07) is 30.3. The van der Waals surface area contributed by atoms with Crippen molar-refractivity contribution in [1.29, 1.82) is 0 Å². The molecule has 0 bridgehead atoms. The second-order valence-electron chi connectivity index (χ2n) is 5.51. The molecule has 3 rings (SSSR count). The van der Waals surface area contributed by atoms with Crippen LogP contribution < -0.4 is 0 Å². The molecule has 3 aromatic rings. The fourth-order valence-electron chi connectivity index (χ4n) is 2.92. The summed E-state index contributed by atoms with van der Waals surface area (Å²) < 4.78 is 0. The van der Waals surface area contributed by atoms with Crippen LogP contribution in [-0.4, -0.2) is 0 Å². The van der Waals surface area contributed by atoms with Gasteiger partial charge in [0.15, 0.2) is 0 Å². The van der Waals surface area contributed by atoms with E-state index in [1.807, 2.05) is 0 Å². The first kappa shape index (κ1) is 13.6. The third kappa shape index (κ3) is 3.22. The van der Waals surface area contributed by atoms with Crippen molar-refractivity contribution in [3.63, 3.8) is 0 Å². The van der Waals surface area contributed by atoms with Gasteiger partial charge in [-0.05, 0) is 35.6 Å². The summed E-state index contributed by atoms with van der Waals surface area (Å²) in [5, 5.41) is 0. The molecule has 0 aromatic heterocycles. The summed E-state index contributed by atoms with van der Waals surface area (Å²) in [5.74, 6) is 0.412. The molecule has 0 aliphatic carbocycles. The van der Waals surface area contributed by atoms with Crippen LogP contribution in [0.15, 0.2) is 84.9 Å². The molecule has 3 aromatic carbocycles. The first-order valence-corrected chi connectivity index (χ1v) is 7.49. The molecule has 0 saturated carbocycles. The number of aryl methyl sites for hydroxylation is 1. The molecule has 0 spiro atoms. The van der Waals surface area contributed by atoms with Crippen LogP contribution in [0.5, 0.6) is 0 Å². The quantitative estimate of drug-likeness (QED) is 0.561. The predicted molar refractivity (Wildman–Crippen MR) is 89.6 cm³/mol. The molecule has 0 amide bonds. The average Bonchev–Trinajstić information content (AvgIpc) is 2.55. The van der Waals surface area contributed by atoms with E-state index in [9.17, 15) is 0 Å². The van der Waals surface area contributed by atoms with Crippen molar-refractivity contribution in [1.82, 2.24) is 0 Å². The van der Waals surface area contributed by atoms with Crippen LogP contribution in [0.2, 0.25) is 0 Å². The highest BCUT2D eigenvalue weighted by atomic mass is 14.7. The minimum Gasteiger partial charge on any atom is -0.0622 e. The molecule has 0 heterocycles. The molecule has 1 atom stereocenters. The van der Waals surface area contributed by atoms with Gasteiger partial charge in [0.25, 0.3) is 0 Å². The van der Waals surface area contributed by atoms with Gasteiger partial charge >= 0.3 is 0 Å². The summed E-state index contributed by atoms with van der Waals surface area (Å²) in [7, 11) is 0. The van der Waals surface area contributed by atoms with Crippen molar-refractivity contribution in [2.24, 2.45) is 0 Å². The van der Waals surface area contributed by atoms with Crippen molar-refractivity contribution in [2.75, 3.05) is 0 Å². The molecule has 0 saturated heterocycles. The highest BCUT2D eigenvalue weighted by Crippen LogP contribution is 2.30. The Labute approximate surface area is 127 Å². The van der Waals surface area contributed by atoms with Gasteiger partial charge < -0.3 is 0 Å². The Morgan fingerprint density at radius 1 is 0.667 bits per heavy atom. The van der Waals surface area contributed by atoms with Crippen molar-refractivity contribution in [3.05, 3.63) is 107 Å². The maximum absolute atomic E-state index is 2.26. The Hall–Kier alpha value is -2.34. The largest absolute Gasteiger partial charge is 0.0622 e. The lowest BCUT2D eigenvalue weighted by Crippen LogP contribution is -2.06. The van der Waals surface area contributed by atoms with Gasteiger partial charge in [0.2, 0.25) is 0 Å². The summed E-state index contributed by atoms with van der Waals surface area (Å²) in [6.45, 7) is 2.20. The Morgan fingerprint density at radius 2 is 1.24 bits per heavy atom. The first-order valence-electron chi connectivity index (χ1n) is 7.49. The Bertz CT molecular complexity index is 683. The SMILES string of the molecule is [13CH3]c1ccccc1[13CH]([13CH2]c1ccccc1)c1ccccc1. The average molecular weight is 275 g/mol. The second kappa shape index (κ2) is 6.41. The van der Waals surface area contributed by atoms with Gasteiger partial charge in [0, 0.05) is 5.92 Å². The molecule has 0 aliphatic rings. The van der Waals surface area contributed by atoms with Crippen molar-refractivity contribution in [3.8, 4) is 0 Å². The van der Waals surface area contributed by atoms with Crippen LogP contribution in [0.4, 0.5) is 0 Å². The van der Waals surface area contributed by atoms with Crippen molar-refractivity contribution >= 4 is 0 Å². The molecular weight excluding hydrogens is 255 g/mol. The van der Waals surface area contributed by atoms with Crippen LogP contribution in [0.1, 0.15) is 28.2 Å². The van der Waals surface area contributed by atoms with Gasteiger partial charge in [0.05, 0.1) is 0 Å². The first-order chi connectivity index (χ1) is 10.3. The van der Waals surface area contributed by atoms with Gasteiger partial charge in [-0.15, -0.1) is 0 Å². The van der Waals surface area contributed by atoms with Crippen molar-refractivity contribution < 1.29 is 0 Å². The van der Waals surface area contributed by atoms with Gasteiger partial charge in [-0.25, -0.2) is 0 Å². The standard InChI is InChI=1S/C21H20/c1-17-10-8-9-15-20(17)21(19-13-6-3-7-14-19)16-18-11-4-2-5-12-18/h2-15,21H,16H2,1H3/i1+1,16+1,21+1. The third-order valence-electron chi connectivity index (χ3n) is 4.05. The van der Waals surface area contributed by atoms with Crippen LogP contribution in [0.25, 0.3) is 0 Å². The van der Waals surface area contributed by atoms with E-state index in [-0.39, 0.29) is 0 Å². The molecule has 0 N–H and O–H groups in total. The van der Waals surface area contributed by atoms with E-state index >= 15 is 0 Å².